The first-order valence-corrected chi connectivity index (χ1v) is 4.42. The van der Waals surface area contributed by atoms with E-state index >= 15 is 0 Å². The van der Waals surface area contributed by atoms with Crippen LogP contribution in [0, 0.1) is 0 Å². The average molecular weight is 195 g/mol. The molecule has 0 radical (unpaired) electrons. The summed E-state index contributed by atoms with van der Waals surface area (Å²) in [5.74, 6) is 0.0524. The van der Waals surface area contributed by atoms with Gasteiger partial charge in [0.15, 0.2) is 0 Å². The number of phenolic OH excluding ortho intramolecular Hbond substituents is 1. The predicted molar refractivity (Wildman–Crippen MR) is 53.1 cm³/mol. The Morgan fingerprint density at radius 1 is 1.57 bits per heavy atom. The molecule has 76 valence electrons. The summed E-state index contributed by atoms with van der Waals surface area (Å²) in [5, 5.41) is 9.12. The number of hydrogen-bond donors (Lipinski definition) is 2. The van der Waals surface area contributed by atoms with Crippen molar-refractivity contribution < 1.29 is 14.6 Å². The third-order valence-corrected chi connectivity index (χ3v) is 1.68. The zero-order chi connectivity index (χ0) is 10.6. The summed E-state index contributed by atoms with van der Waals surface area (Å²) in [4.78, 5) is 11.1. The standard InChI is InChI=1S/C10H13NO3/c1-2-3-10(13)14-7-4-5-9(12)8(11)6-7/h4-6,12H,2-3,11H2,1H3. The molecule has 0 saturated heterocycles. The molecular weight excluding hydrogens is 182 g/mol. The zero-order valence-electron chi connectivity index (χ0n) is 7.99. The SMILES string of the molecule is CCCC(=O)Oc1ccc(O)c(N)c1. The van der Waals surface area contributed by atoms with Gasteiger partial charge in [-0.1, -0.05) is 6.92 Å². The summed E-state index contributed by atoms with van der Waals surface area (Å²) in [7, 11) is 0. The van der Waals surface area contributed by atoms with Crippen molar-refractivity contribution in [3.8, 4) is 11.5 Å². The first kappa shape index (κ1) is 10.4. The number of aromatic hydroxyl groups is 1. The molecule has 0 spiro atoms. The van der Waals surface area contributed by atoms with E-state index in [2.05, 4.69) is 0 Å². The van der Waals surface area contributed by atoms with Crippen molar-refractivity contribution >= 4 is 11.7 Å². The van der Waals surface area contributed by atoms with Crippen LogP contribution in [0.1, 0.15) is 19.8 Å². The molecule has 0 saturated carbocycles. The van der Waals surface area contributed by atoms with Gasteiger partial charge >= 0.3 is 5.97 Å². The summed E-state index contributed by atoms with van der Waals surface area (Å²) in [6.45, 7) is 1.90. The van der Waals surface area contributed by atoms with Crippen LogP contribution >= 0.6 is 0 Å². The lowest BCUT2D eigenvalue weighted by Crippen LogP contribution is -2.06. The van der Waals surface area contributed by atoms with Gasteiger partial charge in [-0.3, -0.25) is 4.79 Å². The highest BCUT2D eigenvalue weighted by molar-refractivity contribution is 5.73. The monoisotopic (exact) mass is 195 g/mol. The highest BCUT2D eigenvalue weighted by Gasteiger charge is 2.04. The van der Waals surface area contributed by atoms with Crippen molar-refractivity contribution in [1.82, 2.24) is 0 Å². The molecule has 1 aromatic rings. The Bertz CT molecular complexity index is 336. The molecule has 0 heterocycles. The molecule has 0 aliphatic heterocycles. The number of nitrogens with two attached hydrogens (primary N) is 1. The van der Waals surface area contributed by atoms with Crippen LogP contribution in [0.3, 0.4) is 0 Å². The minimum absolute atomic E-state index is 0.0136. The third kappa shape index (κ3) is 2.65. The summed E-state index contributed by atoms with van der Waals surface area (Å²) in [6.07, 6.45) is 1.12. The lowest BCUT2D eigenvalue weighted by Gasteiger charge is -2.04. The normalized spacial score (nSPS) is 9.79. The van der Waals surface area contributed by atoms with Gasteiger partial charge in [-0.2, -0.15) is 0 Å². The summed E-state index contributed by atoms with van der Waals surface area (Å²) in [6, 6.07) is 4.31. The first-order chi connectivity index (χ1) is 6.63. The number of carbonyl (C=O) groups is 1. The molecule has 0 aliphatic carbocycles. The van der Waals surface area contributed by atoms with Gasteiger partial charge in [-0.25, -0.2) is 0 Å². The Labute approximate surface area is 82.3 Å². The van der Waals surface area contributed by atoms with E-state index in [1.54, 1.807) is 0 Å². The molecule has 1 aromatic carbocycles. The molecule has 1 rings (SSSR count). The highest BCUT2D eigenvalue weighted by atomic mass is 16.5. The third-order valence-electron chi connectivity index (χ3n) is 1.68. The maximum absolute atomic E-state index is 11.1. The van der Waals surface area contributed by atoms with Crippen molar-refractivity contribution in [1.29, 1.82) is 0 Å². The maximum atomic E-state index is 11.1. The van der Waals surface area contributed by atoms with E-state index in [-0.39, 0.29) is 17.4 Å². The second kappa shape index (κ2) is 4.50. The van der Waals surface area contributed by atoms with Crippen molar-refractivity contribution in [2.75, 3.05) is 5.73 Å². The quantitative estimate of drug-likeness (QED) is 0.333. The topological polar surface area (TPSA) is 72.5 Å². The largest absolute Gasteiger partial charge is 0.506 e. The molecule has 4 heteroatoms. The number of hydrogen-bond acceptors (Lipinski definition) is 4. The number of anilines is 1. The molecule has 0 bridgehead atoms. The highest BCUT2D eigenvalue weighted by Crippen LogP contribution is 2.24. The van der Waals surface area contributed by atoms with Crippen molar-refractivity contribution in [2.24, 2.45) is 0 Å². The van der Waals surface area contributed by atoms with Gasteiger partial charge in [0.25, 0.3) is 0 Å². The number of ether oxygens (including phenoxy) is 1. The van der Waals surface area contributed by atoms with Gasteiger partial charge in [0.2, 0.25) is 0 Å². The van der Waals surface area contributed by atoms with Gasteiger partial charge in [-0.05, 0) is 18.6 Å². The van der Waals surface area contributed by atoms with E-state index in [1.165, 1.54) is 18.2 Å². The van der Waals surface area contributed by atoms with Gasteiger partial charge < -0.3 is 15.6 Å². The van der Waals surface area contributed by atoms with Crippen LogP contribution in [0.15, 0.2) is 18.2 Å². The Balaban J connectivity index is 2.68. The average Bonchev–Trinajstić information content (AvgIpc) is 2.12. The van der Waals surface area contributed by atoms with E-state index < -0.39 is 0 Å². The lowest BCUT2D eigenvalue weighted by atomic mass is 10.3. The molecule has 0 aromatic heterocycles. The molecule has 0 amide bonds. The van der Waals surface area contributed by atoms with Crippen molar-refractivity contribution in [2.45, 2.75) is 19.8 Å². The number of rotatable bonds is 3. The minimum Gasteiger partial charge on any atom is -0.506 e. The van der Waals surface area contributed by atoms with E-state index in [4.69, 9.17) is 15.6 Å². The summed E-state index contributed by atoms with van der Waals surface area (Å²) < 4.78 is 4.96. The van der Waals surface area contributed by atoms with Gasteiger partial charge in [0, 0.05) is 12.5 Å². The van der Waals surface area contributed by atoms with E-state index in [9.17, 15) is 4.79 Å². The summed E-state index contributed by atoms with van der Waals surface area (Å²) >= 11 is 0. The molecule has 0 fully saturated rings. The summed E-state index contributed by atoms with van der Waals surface area (Å²) in [5.41, 5.74) is 5.63. The van der Waals surface area contributed by atoms with Crippen LogP contribution in [0.25, 0.3) is 0 Å². The van der Waals surface area contributed by atoms with Crippen molar-refractivity contribution in [3.63, 3.8) is 0 Å². The predicted octanol–water partition coefficient (Wildman–Crippen LogP) is 1.68. The Morgan fingerprint density at radius 3 is 2.86 bits per heavy atom. The molecule has 0 atom stereocenters. The molecule has 14 heavy (non-hydrogen) atoms. The van der Waals surface area contributed by atoms with Gasteiger partial charge in [0.05, 0.1) is 5.69 Å². The number of phenols is 1. The second-order valence-corrected chi connectivity index (χ2v) is 2.94. The lowest BCUT2D eigenvalue weighted by molar-refractivity contribution is -0.134. The van der Waals surface area contributed by atoms with Crippen LogP contribution in [0.4, 0.5) is 5.69 Å². The Kier molecular flexibility index (Phi) is 3.34. The van der Waals surface area contributed by atoms with Crippen LogP contribution in [0.5, 0.6) is 11.5 Å². The smallest absolute Gasteiger partial charge is 0.311 e. The molecule has 0 aliphatic rings. The Hall–Kier alpha value is -1.71. The second-order valence-electron chi connectivity index (χ2n) is 2.94. The Morgan fingerprint density at radius 2 is 2.29 bits per heavy atom. The zero-order valence-corrected chi connectivity index (χ0v) is 7.99. The van der Waals surface area contributed by atoms with Crippen LogP contribution in [-0.4, -0.2) is 11.1 Å². The number of carbonyl (C=O) groups excluding carboxylic acids is 1. The van der Waals surface area contributed by atoms with Gasteiger partial charge in [0.1, 0.15) is 11.5 Å². The van der Waals surface area contributed by atoms with Crippen LogP contribution in [-0.2, 0) is 4.79 Å². The van der Waals surface area contributed by atoms with Crippen LogP contribution < -0.4 is 10.5 Å². The number of benzene rings is 1. The van der Waals surface area contributed by atoms with E-state index in [0.29, 0.717) is 12.2 Å². The van der Waals surface area contributed by atoms with E-state index in [0.717, 1.165) is 6.42 Å². The molecular formula is C10H13NO3. The maximum Gasteiger partial charge on any atom is 0.311 e. The molecule has 3 N–H and O–H groups in total. The number of nitrogen functional groups attached to an aromatic ring is 1. The molecule has 4 nitrogen and oxygen atoms in total. The first-order valence-electron chi connectivity index (χ1n) is 4.42. The van der Waals surface area contributed by atoms with Crippen molar-refractivity contribution in [3.05, 3.63) is 18.2 Å². The van der Waals surface area contributed by atoms with E-state index in [1.807, 2.05) is 6.92 Å². The fraction of sp³-hybridized carbons (Fsp3) is 0.300. The minimum atomic E-state index is -0.294. The fourth-order valence-electron chi connectivity index (χ4n) is 0.983. The van der Waals surface area contributed by atoms with Crippen LogP contribution in [0.2, 0.25) is 0 Å². The molecule has 0 unspecified atom stereocenters. The number of esters is 1. The fourth-order valence-corrected chi connectivity index (χ4v) is 0.983. The van der Waals surface area contributed by atoms with Gasteiger partial charge in [-0.15, -0.1) is 0 Å².